The van der Waals surface area contributed by atoms with E-state index in [1.165, 1.54) is 7.11 Å². The monoisotopic (exact) mass is 359 g/mol. The summed E-state index contributed by atoms with van der Waals surface area (Å²) in [6, 6.07) is 0. The van der Waals surface area contributed by atoms with Crippen LogP contribution in [0.2, 0.25) is 0 Å². The molecule has 0 aromatic carbocycles. The summed E-state index contributed by atoms with van der Waals surface area (Å²) in [5, 5.41) is 5.57. The number of methoxy groups -OCH3 is 1. The molecule has 2 atom stereocenters. The third kappa shape index (κ3) is 4.34. The van der Waals surface area contributed by atoms with Gasteiger partial charge in [-0.2, -0.15) is 0 Å². The van der Waals surface area contributed by atoms with Crippen LogP contribution in [-0.4, -0.2) is 24.1 Å². The molecule has 0 fully saturated rings. The summed E-state index contributed by atoms with van der Waals surface area (Å²) >= 11 is 1.69. The maximum absolute atomic E-state index is 12.5. The molecule has 0 radical (unpaired) electrons. The van der Waals surface area contributed by atoms with Crippen LogP contribution in [0.4, 0.5) is 0 Å². The number of esters is 1. The summed E-state index contributed by atoms with van der Waals surface area (Å²) in [6.07, 6.45) is 8.90. The average molecular weight is 359 g/mol. The van der Waals surface area contributed by atoms with E-state index in [1.54, 1.807) is 18.7 Å². The van der Waals surface area contributed by atoms with Crippen molar-refractivity contribution in [1.82, 2.24) is 5.32 Å². The summed E-state index contributed by atoms with van der Waals surface area (Å²) in [7, 11) is 1.37. The second-order valence-electron chi connectivity index (χ2n) is 6.23. The van der Waals surface area contributed by atoms with Gasteiger partial charge in [-0.05, 0) is 45.1 Å². The molecule has 5 heteroatoms. The predicted molar refractivity (Wildman–Crippen MR) is 103 cm³/mol. The van der Waals surface area contributed by atoms with Crippen molar-refractivity contribution < 1.29 is 14.3 Å². The normalized spacial score (nSPS) is 28.8. The molecule has 2 heterocycles. The molecule has 0 aromatic rings. The highest BCUT2D eigenvalue weighted by Crippen LogP contribution is 2.39. The van der Waals surface area contributed by atoms with Gasteiger partial charge in [-0.1, -0.05) is 24.3 Å². The van der Waals surface area contributed by atoms with Crippen LogP contribution in [0.1, 0.15) is 34.1 Å². The molecule has 134 valence electrons. The number of hydrogen-bond donors (Lipinski definition) is 1. The number of nitrogens with one attached hydrogen (secondary N) is 1. The maximum atomic E-state index is 12.5. The molecule has 0 amide bonds. The van der Waals surface area contributed by atoms with Gasteiger partial charge in [0.15, 0.2) is 5.78 Å². The van der Waals surface area contributed by atoms with Crippen LogP contribution in [0.15, 0.2) is 57.8 Å². The average Bonchev–Trinajstić information content (AvgIpc) is 2.65. The SMILES string of the molecule is COC(=O)C1=C(C)NC(C)=C(C(C)=O)C1/C1=C/SC(C)/C=C\C=C/C1. The fraction of sp³-hybridized carbons (Fsp3) is 0.400. The Hall–Kier alpha value is -2.01. The van der Waals surface area contributed by atoms with Gasteiger partial charge >= 0.3 is 5.97 Å². The molecule has 25 heavy (non-hydrogen) atoms. The third-order valence-corrected chi connectivity index (χ3v) is 5.36. The van der Waals surface area contributed by atoms with Gasteiger partial charge in [0, 0.05) is 28.1 Å². The number of carbonyl (C=O) groups excluding carboxylic acids is 2. The lowest BCUT2D eigenvalue weighted by Gasteiger charge is -2.31. The summed E-state index contributed by atoms with van der Waals surface area (Å²) in [5.74, 6) is -0.819. The zero-order valence-corrected chi connectivity index (χ0v) is 16.2. The van der Waals surface area contributed by atoms with Gasteiger partial charge in [0.25, 0.3) is 0 Å². The van der Waals surface area contributed by atoms with E-state index in [9.17, 15) is 9.59 Å². The zero-order valence-electron chi connectivity index (χ0n) is 15.4. The highest BCUT2D eigenvalue weighted by Gasteiger charge is 2.36. The molecule has 0 bridgehead atoms. The highest BCUT2D eigenvalue weighted by atomic mass is 32.2. The summed E-state index contributed by atoms with van der Waals surface area (Å²) in [6.45, 7) is 7.39. The Kier molecular flexibility index (Phi) is 6.48. The van der Waals surface area contributed by atoms with E-state index < -0.39 is 5.97 Å². The lowest BCUT2D eigenvalue weighted by molar-refractivity contribution is -0.136. The second kappa shape index (κ2) is 8.39. The molecular formula is C20H25NO3S. The standard InChI is InChI=1S/C20H25NO3S/c1-12-9-7-6-8-10-16(11-25-12)19-17(15(4)22)13(2)21-14(3)18(19)20(23)24-5/h6-9,11-12,19,21H,10H2,1-5H3/b8-6-,9-7-,16-11+. The molecule has 2 aliphatic heterocycles. The molecule has 0 spiro atoms. The van der Waals surface area contributed by atoms with E-state index in [-0.39, 0.29) is 11.7 Å². The van der Waals surface area contributed by atoms with Crippen molar-refractivity contribution in [3.8, 4) is 0 Å². The molecule has 0 aliphatic carbocycles. The number of ether oxygens (including phenoxy) is 1. The van der Waals surface area contributed by atoms with Crippen molar-refractivity contribution in [1.29, 1.82) is 0 Å². The highest BCUT2D eigenvalue weighted by molar-refractivity contribution is 8.02. The molecule has 0 aromatic heterocycles. The topological polar surface area (TPSA) is 55.4 Å². The number of Topliss-reactive ketones (excluding diaryl/α,β-unsaturated/α-hetero) is 1. The number of ketones is 1. The summed E-state index contributed by atoms with van der Waals surface area (Å²) < 4.78 is 5.01. The largest absolute Gasteiger partial charge is 0.466 e. The van der Waals surface area contributed by atoms with Crippen LogP contribution in [-0.2, 0) is 14.3 Å². The van der Waals surface area contributed by atoms with E-state index in [0.717, 1.165) is 17.0 Å². The van der Waals surface area contributed by atoms with Crippen LogP contribution >= 0.6 is 11.8 Å². The van der Waals surface area contributed by atoms with Gasteiger partial charge in [-0.25, -0.2) is 4.79 Å². The van der Waals surface area contributed by atoms with Crippen LogP contribution in [0, 0.1) is 5.92 Å². The van der Waals surface area contributed by atoms with E-state index >= 15 is 0 Å². The molecule has 2 aliphatic rings. The predicted octanol–water partition coefficient (Wildman–Crippen LogP) is 4.04. The maximum Gasteiger partial charge on any atom is 0.336 e. The molecule has 0 saturated heterocycles. The molecule has 2 unspecified atom stereocenters. The number of thioether (sulfide) groups is 1. The van der Waals surface area contributed by atoms with Crippen molar-refractivity contribution in [3.05, 3.63) is 57.8 Å². The molecule has 2 rings (SSSR count). The Morgan fingerprint density at radius 3 is 2.52 bits per heavy atom. The first-order valence-electron chi connectivity index (χ1n) is 8.32. The summed E-state index contributed by atoms with van der Waals surface area (Å²) in [5.41, 5.74) is 3.70. The zero-order chi connectivity index (χ0) is 18.6. The van der Waals surface area contributed by atoms with Gasteiger partial charge in [-0.3, -0.25) is 4.79 Å². The van der Waals surface area contributed by atoms with Gasteiger partial charge in [0.2, 0.25) is 0 Å². The number of rotatable bonds is 3. The third-order valence-electron chi connectivity index (χ3n) is 4.33. The molecule has 4 nitrogen and oxygen atoms in total. The van der Waals surface area contributed by atoms with Crippen molar-refractivity contribution in [2.24, 2.45) is 5.92 Å². The van der Waals surface area contributed by atoms with Crippen molar-refractivity contribution >= 4 is 23.5 Å². The van der Waals surface area contributed by atoms with Gasteiger partial charge in [0.1, 0.15) is 0 Å². The van der Waals surface area contributed by atoms with Crippen molar-refractivity contribution in [2.45, 2.75) is 39.4 Å². The number of hydrogen-bond acceptors (Lipinski definition) is 5. The first-order chi connectivity index (χ1) is 11.9. The fourth-order valence-electron chi connectivity index (χ4n) is 3.19. The van der Waals surface area contributed by atoms with Crippen LogP contribution < -0.4 is 5.32 Å². The quantitative estimate of drug-likeness (QED) is 0.771. The van der Waals surface area contributed by atoms with E-state index in [0.29, 0.717) is 22.8 Å². The number of carbonyl (C=O) groups is 2. The minimum atomic E-state index is -0.401. The van der Waals surface area contributed by atoms with Gasteiger partial charge < -0.3 is 10.1 Å². The Balaban J connectivity index is 2.59. The minimum absolute atomic E-state index is 0.0372. The van der Waals surface area contributed by atoms with E-state index in [4.69, 9.17) is 4.74 Å². The van der Waals surface area contributed by atoms with Gasteiger partial charge in [-0.15, -0.1) is 11.8 Å². The fourth-order valence-corrected chi connectivity index (χ4v) is 3.99. The Labute approximate surface area is 153 Å². The van der Waals surface area contributed by atoms with Crippen LogP contribution in [0.5, 0.6) is 0 Å². The number of dihydropyridines is 1. The first kappa shape index (κ1) is 19.3. The van der Waals surface area contributed by atoms with Crippen molar-refractivity contribution in [3.63, 3.8) is 0 Å². The molecule has 0 saturated carbocycles. The van der Waals surface area contributed by atoms with Gasteiger partial charge in [0.05, 0.1) is 12.7 Å². The Bertz CT molecular complexity index is 725. The number of allylic oxidation sites excluding steroid dienone is 7. The Morgan fingerprint density at radius 2 is 1.88 bits per heavy atom. The van der Waals surface area contributed by atoms with E-state index in [1.807, 2.05) is 26.0 Å². The van der Waals surface area contributed by atoms with E-state index in [2.05, 4.69) is 29.8 Å². The molecule has 1 N–H and O–H groups in total. The van der Waals surface area contributed by atoms with Crippen LogP contribution in [0.25, 0.3) is 0 Å². The Morgan fingerprint density at radius 1 is 1.20 bits per heavy atom. The smallest absolute Gasteiger partial charge is 0.336 e. The van der Waals surface area contributed by atoms with Crippen LogP contribution in [0.3, 0.4) is 0 Å². The minimum Gasteiger partial charge on any atom is -0.466 e. The lowest BCUT2D eigenvalue weighted by Crippen LogP contribution is -2.33. The van der Waals surface area contributed by atoms with Crippen molar-refractivity contribution in [2.75, 3.05) is 7.11 Å². The second-order valence-corrected chi connectivity index (χ2v) is 7.49. The first-order valence-corrected chi connectivity index (χ1v) is 9.26. The lowest BCUT2D eigenvalue weighted by atomic mass is 9.78. The summed E-state index contributed by atoms with van der Waals surface area (Å²) in [4.78, 5) is 24.8. The molecular weight excluding hydrogens is 334 g/mol.